The fraction of sp³-hybridized carbons (Fsp3) is 0.676. The minimum absolute atomic E-state index is 0.0182. The van der Waals surface area contributed by atoms with Crippen LogP contribution in [0.5, 0.6) is 0 Å². The number of hydrogen-bond donors (Lipinski definition) is 0. The molecule has 0 aliphatic heterocycles. The molecule has 4 heteroatoms. The second-order valence-electron chi connectivity index (χ2n) is 12.1. The van der Waals surface area contributed by atoms with Crippen molar-refractivity contribution in [3.8, 4) is 0 Å². The van der Waals surface area contributed by atoms with E-state index in [4.69, 9.17) is 14.2 Å². The van der Waals surface area contributed by atoms with Crippen LogP contribution in [0.2, 0.25) is 0 Å². The van der Waals surface area contributed by atoms with Gasteiger partial charge in [-0.15, -0.1) is 0 Å². The molecule has 41 heavy (non-hydrogen) atoms. The third kappa shape index (κ3) is 13.0. The zero-order valence-corrected chi connectivity index (χ0v) is 26.5. The first-order valence-electron chi connectivity index (χ1n) is 16.9. The maximum absolute atomic E-state index is 6.74. The highest BCUT2D eigenvalue weighted by atomic mass is 16.6. The molecule has 1 fully saturated rings. The van der Waals surface area contributed by atoms with Gasteiger partial charge >= 0.3 is 0 Å². The summed E-state index contributed by atoms with van der Waals surface area (Å²) >= 11 is 0. The fourth-order valence-corrected chi connectivity index (χ4v) is 6.13. The highest BCUT2D eigenvalue weighted by Gasteiger charge is 2.47. The molecule has 0 bridgehead atoms. The Morgan fingerprint density at radius 2 is 1.07 bits per heavy atom. The van der Waals surface area contributed by atoms with Crippen molar-refractivity contribution in [3.63, 3.8) is 0 Å². The number of hydrogen-bond acceptors (Lipinski definition) is 4. The van der Waals surface area contributed by atoms with Crippen LogP contribution in [0.25, 0.3) is 0 Å². The van der Waals surface area contributed by atoms with Gasteiger partial charge in [0.25, 0.3) is 0 Å². The Morgan fingerprint density at radius 1 is 0.585 bits per heavy atom. The third-order valence-electron chi connectivity index (χ3n) is 8.59. The van der Waals surface area contributed by atoms with E-state index in [1.807, 2.05) is 0 Å². The highest BCUT2D eigenvalue weighted by molar-refractivity contribution is 5.15. The number of unbranched alkanes of at least 4 members (excludes halogenated alkanes) is 11. The van der Waals surface area contributed by atoms with Crippen LogP contribution in [-0.4, -0.2) is 49.5 Å². The van der Waals surface area contributed by atoms with Gasteiger partial charge in [0.05, 0.1) is 31.5 Å². The summed E-state index contributed by atoms with van der Waals surface area (Å²) in [5, 5.41) is 0. The monoisotopic (exact) mass is 565 g/mol. The van der Waals surface area contributed by atoms with Gasteiger partial charge in [0, 0.05) is 13.0 Å². The van der Waals surface area contributed by atoms with Crippen LogP contribution < -0.4 is 0 Å². The maximum Gasteiger partial charge on any atom is 0.102 e. The van der Waals surface area contributed by atoms with Gasteiger partial charge < -0.3 is 14.2 Å². The Bertz CT molecular complexity index is 876. The number of nitrogens with zero attached hydrogens (tertiary/aromatic N) is 1. The molecule has 4 nitrogen and oxygen atoms in total. The lowest BCUT2D eigenvalue weighted by Crippen LogP contribution is -2.48. The molecule has 0 amide bonds. The summed E-state index contributed by atoms with van der Waals surface area (Å²) in [6.45, 7) is 7.67. The average molecular weight is 566 g/mol. The second-order valence-corrected chi connectivity index (χ2v) is 12.1. The second kappa shape index (κ2) is 21.0. The molecule has 0 spiro atoms. The molecule has 0 aromatic heterocycles. The van der Waals surface area contributed by atoms with Crippen molar-refractivity contribution in [1.29, 1.82) is 0 Å². The van der Waals surface area contributed by atoms with Gasteiger partial charge in [-0.2, -0.15) is 0 Å². The topological polar surface area (TPSA) is 30.9 Å². The van der Waals surface area contributed by atoms with Crippen LogP contribution in [0, 0.1) is 0 Å². The summed E-state index contributed by atoms with van der Waals surface area (Å²) < 4.78 is 20.0. The molecule has 0 heterocycles. The maximum atomic E-state index is 6.74. The molecule has 230 valence electrons. The van der Waals surface area contributed by atoms with Crippen LogP contribution in [-0.2, 0) is 27.4 Å². The predicted molar refractivity (Wildman–Crippen MR) is 172 cm³/mol. The van der Waals surface area contributed by atoms with E-state index in [1.54, 1.807) is 0 Å². The quantitative estimate of drug-likeness (QED) is 0.126. The van der Waals surface area contributed by atoms with Crippen LogP contribution >= 0.6 is 0 Å². The standard InChI is InChI=1S/C37H59NO3/c1-4-6-8-10-11-12-13-21-27-38(3)36-34(40-30-32-23-17-15-18-24-32)29-35(41-31-33-25-19-16-20-26-33)37(36)39-28-22-14-9-7-5-2/h15-20,23-26,34-37H,4-14,21-22,27-31H2,1-3H3. The molecule has 4 atom stereocenters. The first kappa shape index (κ1) is 33.8. The Kier molecular flexibility index (Phi) is 17.3. The molecule has 1 aliphatic carbocycles. The number of rotatable bonds is 23. The van der Waals surface area contributed by atoms with Crippen molar-refractivity contribution in [1.82, 2.24) is 4.90 Å². The molecule has 2 aromatic carbocycles. The molecular weight excluding hydrogens is 506 g/mol. The van der Waals surface area contributed by atoms with Crippen LogP contribution in [0.15, 0.2) is 60.7 Å². The van der Waals surface area contributed by atoms with Gasteiger partial charge in [-0.3, -0.25) is 4.90 Å². The zero-order valence-electron chi connectivity index (χ0n) is 26.5. The fourth-order valence-electron chi connectivity index (χ4n) is 6.13. The van der Waals surface area contributed by atoms with E-state index in [0.29, 0.717) is 13.2 Å². The minimum Gasteiger partial charge on any atom is -0.374 e. The van der Waals surface area contributed by atoms with E-state index in [2.05, 4.69) is 86.5 Å². The molecule has 0 radical (unpaired) electrons. The van der Waals surface area contributed by atoms with Crippen LogP contribution in [0.4, 0.5) is 0 Å². The van der Waals surface area contributed by atoms with Gasteiger partial charge in [-0.1, -0.05) is 145 Å². The summed E-state index contributed by atoms with van der Waals surface area (Å²) in [5.74, 6) is 0. The van der Waals surface area contributed by atoms with Crippen molar-refractivity contribution in [2.75, 3.05) is 20.2 Å². The van der Waals surface area contributed by atoms with Crippen molar-refractivity contribution >= 4 is 0 Å². The summed E-state index contributed by atoms with van der Waals surface area (Å²) in [6, 6.07) is 21.3. The van der Waals surface area contributed by atoms with E-state index in [1.165, 1.54) is 88.2 Å². The van der Waals surface area contributed by atoms with E-state index < -0.39 is 0 Å². The normalized spacial score (nSPS) is 20.7. The van der Waals surface area contributed by atoms with E-state index in [0.717, 1.165) is 26.0 Å². The predicted octanol–water partition coefficient (Wildman–Crippen LogP) is 9.36. The smallest absolute Gasteiger partial charge is 0.102 e. The molecular formula is C37H59NO3. The van der Waals surface area contributed by atoms with Crippen molar-refractivity contribution in [2.24, 2.45) is 0 Å². The lowest BCUT2D eigenvalue weighted by Gasteiger charge is -2.34. The van der Waals surface area contributed by atoms with E-state index >= 15 is 0 Å². The number of ether oxygens (including phenoxy) is 3. The third-order valence-corrected chi connectivity index (χ3v) is 8.59. The minimum atomic E-state index is 0.0182. The summed E-state index contributed by atoms with van der Waals surface area (Å²) in [5.41, 5.74) is 2.43. The molecule has 1 aliphatic rings. The molecule has 2 aromatic rings. The van der Waals surface area contributed by atoms with Gasteiger partial charge in [0.15, 0.2) is 0 Å². The number of benzene rings is 2. The first-order valence-corrected chi connectivity index (χ1v) is 16.9. The molecule has 4 unspecified atom stereocenters. The Hall–Kier alpha value is -1.72. The molecule has 1 saturated carbocycles. The van der Waals surface area contributed by atoms with Crippen molar-refractivity contribution < 1.29 is 14.2 Å². The number of likely N-dealkylation sites (N-methyl/N-ethyl adjacent to an activating group) is 1. The summed E-state index contributed by atoms with van der Waals surface area (Å²) in [6.07, 6.45) is 17.9. The van der Waals surface area contributed by atoms with Gasteiger partial charge in [-0.05, 0) is 37.6 Å². The first-order chi connectivity index (χ1) is 20.2. The van der Waals surface area contributed by atoms with Gasteiger partial charge in [0.1, 0.15) is 6.10 Å². The summed E-state index contributed by atoms with van der Waals surface area (Å²) in [4.78, 5) is 2.53. The Morgan fingerprint density at radius 3 is 1.63 bits per heavy atom. The Labute approximate surface area is 252 Å². The lowest BCUT2D eigenvalue weighted by molar-refractivity contribution is -0.0898. The lowest BCUT2D eigenvalue weighted by atomic mass is 10.1. The van der Waals surface area contributed by atoms with Gasteiger partial charge in [0.2, 0.25) is 0 Å². The van der Waals surface area contributed by atoms with Crippen LogP contribution in [0.3, 0.4) is 0 Å². The highest BCUT2D eigenvalue weighted by Crippen LogP contribution is 2.33. The van der Waals surface area contributed by atoms with Gasteiger partial charge in [-0.25, -0.2) is 0 Å². The zero-order chi connectivity index (χ0) is 29.0. The van der Waals surface area contributed by atoms with Crippen molar-refractivity contribution in [2.45, 2.75) is 141 Å². The van der Waals surface area contributed by atoms with E-state index in [9.17, 15) is 0 Å². The Balaban J connectivity index is 1.64. The summed E-state index contributed by atoms with van der Waals surface area (Å²) in [7, 11) is 2.28. The SMILES string of the molecule is CCCCCCCCCCN(C)C1C(OCc2ccccc2)CC(OCc2ccccc2)C1OCCCCCCC. The van der Waals surface area contributed by atoms with Crippen molar-refractivity contribution in [3.05, 3.63) is 71.8 Å². The molecule has 0 saturated heterocycles. The van der Waals surface area contributed by atoms with Crippen LogP contribution in [0.1, 0.15) is 115 Å². The average Bonchev–Trinajstić information content (AvgIpc) is 3.36. The molecule has 3 rings (SSSR count). The molecule has 0 N–H and O–H groups in total. The largest absolute Gasteiger partial charge is 0.374 e. The van der Waals surface area contributed by atoms with E-state index in [-0.39, 0.29) is 24.4 Å².